The SMILES string of the molecule is CCCCC1CCC(C2(c3cc4sc(C#N)cc4s3)CCCCC2)CC1. The third-order valence-electron chi connectivity index (χ3n) is 7.15. The van der Waals surface area contributed by atoms with E-state index in [1.54, 1.807) is 16.2 Å². The van der Waals surface area contributed by atoms with Crippen LogP contribution < -0.4 is 0 Å². The maximum absolute atomic E-state index is 9.18. The predicted octanol–water partition coefficient (Wildman–Crippen LogP) is 8.03. The minimum Gasteiger partial charge on any atom is -0.192 e. The van der Waals surface area contributed by atoms with Gasteiger partial charge in [-0.15, -0.1) is 22.7 Å². The van der Waals surface area contributed by atoms with Crippen LogP contribution in [0.15, 0.2) is 12.1 Å². The Balaban J connectivity index is 1.57. The highest BCUT2D eigenvalue weighted by molar-refractivity contribution is 7.28. The lowest BCUT2D eigenvalue weighted by molar-refractivity contribution is 0.127. The number of hydrogen-bond donors (Lipinski definition) is 0. The van der Waals surface area contributed by atoms with Crippen molar-refractivity contribution in [2.75, 3.05) is 0 Å². The molecule has 26 heavy (non-hydrogen) atoms. The van der Waals surface area contributed by atoms with Crippen molar-refractivity contribution >= 4 is 32.1 Å². The molecule has 2 fully saturated rings. The topological polar surface area (TPSA) is 23.8 Å². The lowest BCUT2D eigenvalue weighted by Crippen LogP contribution is -2.38. The number of hydrogen-bond acceptors (Lipinski definition) is 3. The Kier molecular flexibility index (Phi) is 5.72. The van der Waals surface area contributed by atoms with E-state index in [9.17, 15) is 5.26 Å². The van der Waals surface area contributed by atoms with Crippen molar-refractivity contribution in [2.45, 2.75) is 89.4 Å². The van der Waals surface area contributed by atoms with Gasteiger partial charge in [-0.25, -0.2) is 0 Å². The van der Waals surface area contributed by atoms with Crippen LogP contribution in [-0.2, 0) is 5.41 Å². The molecule has 2 aliphatic carbocycles. The molecule has 0 saturated heterocycles. The van der Waals surface area contributed by atoms with Gasteiger partial charge in [-0.3, -0.25) is 0 Å². The van der Waals surface area contributed by atoms with Crippen LogP contribution in [0.5, 0.6) is 0 Å². The second-order valence-corrected chi connectivity index (χ2v) is 10.8. The fourth-order valence-electron chi connectivity index (χ4n) is 5.67. The molecule has 2 aromatic heterocycles. The molecular formula is C23H31NS2. The highest BCUT2D eigenvalue weighted by Gasteiger charge is 2.43. The third kappa shape index (κ3) is 3.48. The molecule has 0 atom stereocenters. The van der Waals surface area contributed by atoms with Crippen molar-refractivity contribution < 1.29 is 0 Å². The minimum atomic E-state index is 0.449. The monoisotopic (exact) mass is 385 g/mol. The zero-order valence-electron chi connectivity index (χ0n) is 16.1. The van der Waals surface area contributed by atoms with E-state index in [4.69, 9.17) is 0 Å². The summed E-state index contributed by atoms with van der Waals surface area (Å²) in [5, 5.41) is 9.18. The Bertz CT molecular complexity index is 732. The second kappa shape index (κ2) is 8.03. The van der Waals surface area contributed by atoms with E-state index in [0.717, 1.165) is 16.7 Å². The van der Waals surface area contributed by atoms with Gasteiger partial charge in [-0.1, -0.05) is 58.3 Å². The third-order valence-corrected chi connectivity index (χ3v) is 9.57. The maximum atomic E-state index is 9.18. The molecule has 0 amide bonds. The molecule has 1 nitrogen and oxygen atoms in total. The van der Waals surface area contributed by atoms with Gasteiger partial charge in [-0.2, -0.15) is 5.26 Å². The van der Waals surface area contributed by atoms with Gasteiger partial charge in [0.05, 0.1) is 0 Å². The smallest absolute Gasteiger partial charge is 0.110 e. The van der Waals surface area contributed by atoms with Gasteiger partial charge in [0.2, 0.25) is 0 Å². The highest BCUT2D eigenvalue weighted by atomic mass is 32.1. The number of nitrogens with zero attached hydrogens (tertiary/aromatic N) is 1. The number of nitriles is 1. The van der Waals surface area contributed by atoms with Crippen molar-refractivity contribution in [3.05, 3.63) is 21.9 Å². The molecule has 0 aromatic carbocycles. The van der Waals surface area contributed by atoms with Crippen LogP contribution in [0.25, 0.3) is 9.40 Å². The summed E-state index contributed by atoms with van der Waals surface area (Å²) in [6.07, 6.45) is 17.1. The summed E-state index contributed by atoms with van der Waals surface area (Å²) in [6, 6.07) is 6.91. The van der Waals surface area contributed by atoms with Gasteiger partial charge in [0.25, 0.3) is 0 Å². The van der Waals surface area contributed by atoms with E-state index in [-0.39, 0.29) is 0 Å². The first-order chi connectivity index (χ1) is 12.7. The summed E-state index contributed by atoms with van der Waals surface area (Å²) < 4.78 is 2.70. The molecule has 0 unspecified atom stereocenters. The average molecular weight is 386 g/mol. The van der Waals surface area contributed by atoms with Gasteiger partial charge in [0.15, 0.2) is 0 Å². The summed E-state index contributed by atoms with van der Waals surface area (Å²) in [7, 11) is 0. The van der Waals surface area contributed by atoms with Crippen molar-refractivity contribution in [1.82, 2.24) is 0 Å². The molecule has 140 valence electrons. The fraction of sp³-hybridized carbons (Fsp3) is 0.696. The standard InChI is InChI=1S/C23H31NS2/c1-2-3-7-17-8-10-18(11-9-17)23(12-5-4-6-13-23)22-15-21-20(26-22)14-19(16-24)25-21/h14-15,17-18H,2-13H2,1H3. The predicted molar refractivity (Wildman–Crippen MR) is 114 cm³/mol. The highest BCUT2D eigenvalue weighted by Crippen LogP contribution is 2.54. The normalized spacial score (nSPS) is 26.0. The van der Waals surface area contributed by atoms with Crippen LogP contribution in [0.3, 0.4) is 0 Å². The Labute approximate surface area is 166 Å². The molecule has 2 saturated carbocycles. The van der Waals surface area contributed by atoms with Crippen molar-refractivity contribution in [1.29, 1.82) is 5.26 Å². The Morgan fingerprint density at radius 2 is 1.77 bits per heavy atom. The summed E-state index contributed by atoms with van der Waals surface area (Å²) in [5.41, 5.74) is 0.449. The lowest BCUT2D eigenvalue weighted by Gasteiger charge is -2.46. The molecule has 2 aromatic rings. The number of fused-ring (bicyclic) bond motifs is 1. The zero-order valence-corrected chi connectivity index (χ0v) is 17.7. The lowest BCUT2D eigenvalue weighted by atomic mass is 9.60. The van der Waals surface area contributed by atoms with E-state index in [0.29, 0.717) is 5.41 Å². The molecule has 0 aliphatic heterocycles. The van der Waals surface area contributed by atoms with Crippen LogP contribution in [0.1, 0.15) is 93.7 Å². The Morgan fingerprint density at radius 1 is 1.04 bits per heavy atom. The van der Waals surface area contributed by atoms with E-state index >= 15 is 0 Å². The van der Waals surface area contributed by atoms with Crippen molar-refractivity contribution in [3.8, 4) is 6.07 Å². The summed E-state index contributed by atoms with van der Waals surface area (Å²) >= 11 is 3.69. The van der Waals surface area contributed by atoms with Crippen LogP contribution in [0, 0.1) is 23.2 Å². The number of thiophene rings is 2. The summed E-state index contributed by atoms with van der Waals surface area (Å²) in [6.45, 7) is 2.32. The average Bonchev–Trinajstić information content (AvgIpc) is 3.26. The fourth-order valence-corrected chi connectivity index (χ4v) is 8.19. The van der Waals surface area contributed by atoms with E-state index in [1.165, 1.54) is 86.4 Å². The largest absolute Gasteiger partial charge is 0.192 e. The molecule has 2 heterocycles. The first-order valence-corrected chi connectivity index (χ1v) is 12.3. The van der Waals surface area contributed by atoms with Gasteiger partial charge in [0, 0.05) is 19.7 Å². The van der Waals surface area contributed by atoms with Crippen LogP contribution in [-0.4, -0.2) is 0 Å². The van der Waals surface area contributed by atoms with Crippen LogP contribution in [0.2, 0.25) is 0 Å². The number of unbranched alkanes of at least 4 members (excludes halogenated alkanes) is 1. The molecule has 0 spiro atoms. The Morgan fingerprint density at radius 3 is 2.42 bits per heavy atom. The quantitative estimate of drug-likeness (QED) is 0.511. The Hall–Kier alpha value is -0.850. The molecule has 0 bridgehead atoms. The van der Waals surface area contributed by atoms with E-state index < -0.39 is 0 Å². The molecule has 3 heteroatoms. The maximum Gasteiger partial charge on any atom is 0.110 e. The summed E-state index contributed by atoms with van der Waals surface area (Å²) in [4.78, 5) is 2.52. The van der Waals surface area contributed by atoms with E-state index in [2.05, 4.69) is 25.1 Å². The van der Waals surface area contributed by atoms with Crippen LogP contribution in [0.4, 0.5) is 0 Å². The first-order valence-electron chi connectivity index (χ1n) is 10.7. The molecule has 4 rings (SSSR count). The summed E-state index contributed by atoms with van der Waals surface area (Å²) in [5.74, 6) is 1.89. The first kappa shape index (κ1) is 18.5. The van der Waals surface area contributed by atoms with Crippen molar-refractivity contribution in [2.24, 2.45) is 11.8 Å². The molecular weight excluding hydrogens is 354 g/mol. The zero-order chi connectivity index (χ0) is 18.0. The van der Waals surface area contributed by atoms with Gasteiger partial charge < -0.3 is 0 Å². The second-order valence-electron chi connectivity index (χ2n) is 8.64. The van der Waals surface area contributed by atoms with Gasteiger partial charge in [0.1, 0.15) is 10.9 Å². The minimum absolute atomic E-state index is 0.449. The molecule has 0 N–H and O–H groups in total. The molecule has 0 radical (unpaired) electrons. The molecule has 2 aliphatic rings. The number of rotatable bonds is 5. The van der Waals surface area contributed by atoms with Crippen molar-refractivity contribution in [3.63, 3.8) is 0 Å². The van der Waals surface area contributed by atoms with Gasteiger partial charge in [-0.05, 0) is 49.7 Å². The van der Waals surface area contributed by atoms with Gasteiger partial charge >= 0.3 is 0 Å². The van der Waals surface area contributed by atoms with Crippen LogP contribution >= 0.6 is 22.7 Å². The van der Waals surface area contributed by atoms with E-state index in [1.807, 2.05) is 11.3 Å².